The molecule has 1 amide bonds. The van der Waals surface area contributed by atoms with Gasteiger partial charge in [-0.15, -0.1) is 11.3 Å². The molecule has 1 unspecified atom stereocenters. The fraction of sp³-hybridized carbons (Fsp3) is 0.500. The predicted molar refractivity (Wildman–Crippen MR) is 115 cm³/mol. The van der Waals surface area contributed by atoms with E-state index < -0.39 is 0 Å². The summed E-state index contributed by atoms with van der Waals surface area (Å²) in [4.78, 5) is 21.6. The van der Waals surface area contributed by atoms with Crippen LogP contribution in [0, 0.1) is 5.92 Å². The van der Waals surface area contributed by atoms with Crippen molar-refractivity contribution in [3.8, 4) is 0 Å². The molecule has 2 aliphatic rings. The molecule has 0 saturated carbocycles. The molecule has 7 heteroatoms. The van der Waals surface area contributed by atoms with Crippen molar-refractivity contribution in [2.45, 2.75) is 45.1 Å². The minimum absolute atomic E-state index is 0.0906. The third-order valence-electron chi connectivity index (χ3n) is 6.09. The summed E-state index contributed by atoms with van der Waals surface area (Å²) in [6, 6.07) is 7.75. The van der Waals surface area contributed by atoms with Crippen molar-refractivity contribution < 1.29 is 4.79 Å². The first-order chi connectivity index (χ1) is 14.3. The second-order valence-electron chi connectivity index (χ2n) is 8.26. The lowest BCUT2D eigenvalue weighted by atomic mass is 9.98. The standard InChI is InChI=1S/C22H27N5OS/c28-22(21-16-7-1-2-8-17(16)25-26-21)23-12-15-6-5-11-27(13-15)14-20-24-18-9-3-4-10-19(18)29-20/h1-2,7-8,15H,3-6,9-14H2,(H,23,28)(H,25,26). The maximum atomic E-state index is 12.6. The van der Waals surface area contributed by atoms with Crippen LogP contribution in [-0.4, -0.2) is 45.6 Å². The number of para-hydroxylation sites is 1. The number of nitrogens with one attached hydrogen (secondary N) is 2. The van der Waals surface area contributed by atoms with Crippen molar-refractivity contribution in [3.63, 3.8) is 0 Å². The number of nitrogens with zero attached hydrogens (tertiary/aromatic N) is 3. The van der Waals surface area contributed by atoms with E-state index in [1.165, 1.54) is 41.3 Å². The quantitative estimate of drug-likeness (QED) is 0.676. The molecule has 0 spiro atoms. The van der Waals surface area contributed by atoms with Gasteiger partial charge < -0.3 is 5.32 Å². The van der Waals surface area contributed by atoms with Crippen LogP contribution in [0.4, 0.5) is 0 Å². The molecule has 1 fully saturated rings. The SMILES string of the molecule is O=C(NCC1CCCN(Cc2nc3c(s2)CCCC3)C1)c1n[nH]c2ccccc12. The molecule has 29 heavy (non-hydrogen) atoms. The number of rotatable bonds is 5. The molecular formula is C22H27N5OS. The van der Waals surface area contributed by atoms with Crippen LogP contribution in [0.2, 0.25) is 0 Å². The predicted octanol–water partition coefficient (Wildman–Crippen LogP) is 3.54. The molecule has 1 aromatic carbocycles. The van der Waals surface area contributed by atoms with Crippen LogP contribution >= 0.6 is 11.3 Å². The minimum atomic E-state index is -0.0906. The van der Waals surface area contributed by atoms with E-state index in [0.29, 0.717) is 18.2 Å². The third kappa shape index (κ3) is 4.07. The van der Waals surface area contributed by atoms with Crippen molar-refractivity contribution >= 4 is 28.1 Å². The van der Waals surface area contributed by atoms with E-state index in [1.807, 2.05) is 35.6 Å². The molecule has 3 aromatic rings. The molecular weight excluding hydrogens is 382 g/mol. The number of hydrogen-bond donors (Lipinski definition) is 2. The number of amides is 1. The highest BCUT2D eigenvalue weighted by Gasteiger charge is 2.23. The summed E-state index contributed by atoms with van der Waals surface area (Å²) in [5, 5.41) is 12.4. The Morgan fingerprint density at radius 3 is 3.07 bits per heavy atom. The molecule has 1 aliphatic carbocycles. The van der Waals surface area contributed by atoms with E-state index in [2.05, 4.69) is 20.4 Å². The molecule has 152 valence electrons. The molecule has 2 aromatic heterocycles. The molecule has 3 heterocycles. The van der Waals surface area contributed by atoms with Crippen LogP contribution in [-0.2, 0) is 19.4 Å². The van der Waals surface area contributed by atoms with Crippen molar-refractivity contribution in [3.05, 3.63) is 45.5 Å². The third-order valence-corrected chi connectivity index (χ3v) is 7.23. The highest BCUT2D eigenvalue weighted by atomic mass is 32.1. The Labute approximate surface area is 174 Å². The topological polar surface area (TPSA) is 73.9 Å². The van der Waals surface area contributed by atoms with Crippen molar-refractivity contribution in [2.75, 3.05) is 19.6 Å². The van der Waals surface area contributed by atoms with E-state index in [4.69, 9.17) is 4.98 Å². The lowest BCUT2D eigenvalue weighted by Gasteiger charge is -2.32. The number of piperidine rings is 1. The first kappa shape index (κ1) is 18.8. The smallest absolute Gasteiger partial charge is 0.272 e. The summed E-state index contributed by atoms with van der Waals surface area (Å²) < 4.78 is 0. The summed E-state index contributed by atoms with van der Waals surface area (Å²) in [6.07, 6.45) is 7.30. The van der Waals surface area contributed by atoms with Gasteiger partial charge in [-0.3, -0.25) is 14.8 Å². The van der Waals surface area contributed by atoms with Crippen molar-refractivity contribution in [2.24, 2.45) is 5.92 Å². The van der Waals surface area contributed by atoms with Gasteiger partial charge in [-0.05, 0) is 57.1 Å². The number of carbonyl (C=O) groups excluding carboxylic acids is 1. The first-order valence-electron chi connectivity index (χ1n) is 10.7. The molecule has 6 nitrogen and oxygen atoms in total. The Kier molecular flexibility index (Phi) is 5.33. The van der Waals surface area contributed by atoms with Crippen LogP contribution in [0.15, 0.2) is 24.3 Å². The van der Waals surface area contributed by atoms with Gasteiger partial charge in [-0.2, -0.15) is 5.10 Å². The van der Waals surface area contributed by atoms with Crippen LogP contribution in [0.5, 0.6) is 0 Å². The number of H-pyrrole nitrogens is 1. The van der Waals surface area contributed by atoms with Gasteiger partial charge in [-0.25, -0.2) is 4.98 Å². The molecule has 5 rings (SSSR count). The van der Waals surface area contributed by atoms with Gasteiger partial charge in [0.15, 0.2) is 5.69 Å². The van der Waals surface area contributed by atoms with E-state index in [-0.39, 0.29) is 5.91 Å². The van der Waals surface area contributed by atoms with Crippen molar-refractivity contribution in [1.29, 1.82) is 0 Å². The number of aryl methyl sites for hydroxylation is 2. The average molecular weight is 410 g/mol. The molecule has 1 saturated heterocycles. The number of fused-ring (bicyclic) bond motifs is 2. The van der Waals surface area contributed by atoms with Crippen LogP contribution < -0.4 is 5.32 Å². The number of thiazole rings is 1. The highest BCUT2D eigenvalue weighted by molar-refractivity contribution is 7.11. The van der Waals surface area contributed by atoms with Gasteiger partial charge in [0.05, 0.1) is 17.8 Å². The lowest BCUT2D eigenvalue weighted by Crippen LogP contribution is -2.40. The van der Waals surface area contributed by atoms with E-state index >= 15 is 0 Å². The van der Waals surface area contributed by atoms with Gasteiger partial charge >= 0.3 is 0 Å². The van der Waals surface area contributed by atoms with Gasteiger partial charge in [0, 0.05) is 23.4 Å². The summed E-state index contributed by atoms with van der Waals surface area (Å²) >= 11 is 1.91. The Morgan fingerprint density at radius 1 is 1.24 bits per heavy atom. The first-order valence-corrected chi connectivity index (χ1v) is 11.5. The number of aromatic nitrogens is 3. The van der Waals surface area contributed by atoms with E-state index in [9.17, 15) is 4.79 Å². The summed E-state index contributed by atoms with van der Waals surface area (Å²) in [5.74, 6) is 0.389. The molecule has 2 N–H and O–H groups in total. The second-order valence-corrected chi connectivity index (χ2v) is 9.42. The maximum absolute atomic E-state index is 12.6. The monoisotopic (exact) mass is 409 g/mol. The van der Waals surface area contributed by atoms with Gasteiger partial charge in [0.2, 0.25) is 0 Å². The summed E-state index contributed by atoms with van der Waals surface area (Å²) in [6.45, 7) is 3.79. The van der Waals surface area contributed by atoms with Crippen molar-refractivity contribution in [1.82, 2.24) is 25.4 Å². The average Bonchev–Trinajstić information content (AvgIpc) is 3.36. The maximum Gasteiger partial charge on any atom is 0.272 e. The van der Waals surface area contributed by atoms with Crippen LogP contribution in [0.3, 0.4) is 0 Å². The zero-order chi connectivity index (χ0) is 19.6. The number of hydrogen-bond acceptors (Lipinski definition) is 5. The second kappa shape index (κ2) is 8.24. The van der Waals surface area contributed by atoms with E-state index in [0.717, 1.165) is 43.4 Å². The molecule has 1 atom stereocenters. The number of carbonyl (C=O) groups is 1. The zero-order valence-corrected chi connectivity index (χ0v) is 17.4. The molecule has 0 radical (unpaired) electrons. The zero-order valence-electron chi connectivity index (χ0n) is 16.6. The van der Waals surface area contributed by atoms with Gasteiger partial charge in [0.25, 0.3) is 5.91 Å². The van der Waals surface area contributed by atoms with E-state index in [1.54, 1.807) is 0 Å². The molecule has 0 bridgehead atoms. The Balaban J connectivity index is 1.17. The summed E-state index contributed by atoms with van der Waals surface area (Å²) in [5.41, 5.74) is 2.73. The van der Waals surface area contributed by atoms with Crippen LogP contribution in [0.1, 0.15) is 51.8 Å². The molecule has 1 aliphatic heterocycles. The fourth-order valence-corrected chi connectivity index (χ4v) is 5.78. The number of benzene rings is 1. The van der Waals surface area contributed by atoms with Crippen LogP contribution in [0.25, 0.3) is 10.9 Å². The Morgan fingerprint density at radius 2 is 2.14 bits per heavy atom. The number of likely N-dealkylation sites (tertiary alicyclic amines) is 1. The summed E-state index contributed by atoms with van der Waals surface area (Å²) in [7, 11) is 0. The fourth-order valence-electron chi connectivity index (χ4n) is 4.58. The normalized spacial score (nSPS) is 19.9. The largest absolute Gasteiger partial charge is 0.350 e. The van der Waals surface area contributed by atoms with Gasteiger partial charge in [-0.1, -0.05) is 18.2 Å². The highest BCUT2D eigenvalue weighted by Crippen LogP contribution is 2.28. The Hall–Kier alpha value is -2.25. The van der Waals surface area contributed by atoms with Gasteiger partial charge in [0.1, 0.15) is 5.01 Å². The Bertz CT molecular complexity index is 986. The number of aromatic amines is 1. The lowest BCUT2D eigenvalue weighted by molar-refractivity contribution is 0.0927. The minimum Gasteiger partial charge on any atom is -0.350 e.